The number of primary amides is 2. The van der Waals surface area contributed by atoms with Crippen LogP contribution in [-0.2, 0) is 28.8 Å². The van der Waals surface area contributed by atoms with Gasteiger partial charge in [-0.15, -0.1) is 0 Å². The van der Waals surface area contributed by atoms with Gasteiger partial charge in [0.2, 0.25) is 29.5 Å². The molecule has 4 unspecified atom stereocenters. The van der Waals surface area contributed by atoms with E-state index in [1.54, 1.807) is 13.8 Å². The van der Waals surface area contributed by atoms with Crippen LogP contribution in [0.1, 0.15) is 39.5 Å². The molecule has 0 aromatic rings. The smallest absolute Gasteiger partial charge is 0.326 e. The molecular formula is C18H32N6O8. The van der Waals surface area contributed by atoms with E-state index in [4.69, 9.17) is 17.2 Å². The number of carbonyl (C=O) groups excluding carboxylic acids is 5. The topological polar surface area (TPSA) is 257 Å². The molecule has 0 spiro atoms. The number of hydrogen-bond donors (Lipinski definition) is 8. The number of aliphatic hydroxyl groups is 1. The average Bonchev–Trinajstić information content (AvgIpc) is 2.66. The molecule has 0 rings (SSSR count). The minimum Gasteiger partial charge on any atom is -0.480 e. The van der Waals surface area contributed by atoms with Gasteiger partial charge in [0.25, 0.3) is 0 Å². The predicted octanol–water partition coefficient (Wildman–Crippen LogP) is -3.97. The van der Waals surface area contributed by atoms with Crippen LogP contribution in [-0.4, -0.2) is 76.5 Å². The Morgan fingerprint density at radius 2 is 1.31 bits per heavy atom. The Hall–Kier alpha value is -3.26. The summed E-state index contributed by atoms with van der Waals surface area (Å²) in [5.41, 5.74) is 15.6. The van der Waals surface area contributed by atoms with Crippen molar-refractivity contribution >= 4 is 35.5 Å². The molecule has 0 heterocycles. The fourth-order valence-corrected chi connectivity index (χ4v) is 2.58. The molecule has 14 nitrogen and oxygen atoms in total. The molecule has 0 aliphatic carbocycles. The molecular weight excluding hydrogens is 428 g/mol. The van der Waals surface area contributed by atoms with E-state index in [1.807, 2.05) is 0 Å². The molecule has 0 saturated heterocycles. The van der Waals surface area contributed by atoms with Gasteiger partial charge in [-0.1, -0.05) is 13.8 Å². The maximum absolute atomic E-state index is 12.6. The lowest BCUT2D eigenvalue weighted by Crippen LogP contribution is -2.58. The quantitative estimate of drug-likeness (QED) is 0.118. The Morgan fingerprint density at radius 1 is 0.812 bits per heavy atom. The molecule has 0 aliphatic heterocycles. The Kier molecular flexibility index (Phi) is 12.5. The zero-order valence-electron chi connectivity index (χ0n) is 18.0. The van der Waals surface area contributed by atoms with Crippen molar-refractivity contribution in [1.82, 2.24) is 16.0 Å². The standard InChI is InChI=1S/C18H32N6O8/c1-8(2)5-11(18(31)32)23-17(30)12(7-25)24-16(29)10(3-4-13(20)26)22-15(28)9(19)6-14(21)27/h8-12,25H,3-7,19H2,1-2H3,(H2,20,26)(H2,21,27)(H,22,28)(H,23,30)(H,24,29)(H,31,32). The monoisotopic (exact) mass is 460 g/mol. The Morgan fingerprint density at radius 3 is 1.75 bits per heavy atom. The zero-order valence-corrected chi connectivity index (χ0v) is 18.0. The fraction of sp³-hybridized carbons (Fsp3) is 0.667. The van der Waals surface area contributed by atoms with Crippen LogP contribution in [0.4, 0.5) is 0 Å². The highest BCUT2D eigenvalue weighted by Gasteiger charge is 2.30. The van der Waals surface area contributed by atoms with Gasteiger partial charge in [-0.3, -0.25) is 24.0 Å². The largest absolute Gasteiger partial charge is 0.480 e. The van der Waals surface area contributed by atoms with Gasteiger partial charge in [-0.25, -0.2) is 4.79 Å². The van der Waals surface area contributed by atoms with Crippen LogP contribution >= 0.6 is 0 Å². The molecule has 0 fully saturated rings. The Bertz CT molecular complexity index is 714. The maximum atomic E-state index is 12.6. The van der Waals surface area contributed by atoms with Crippen LogP contribution in [0.5, 0.6) is 0 Å². The van der Waals surface area contributed by atoms with Crippen molar-refractivity contribution < 1.29 is 39.0 Å². The van der Waals surface area contributed by atoms with Gasteiger partial charge in [-0.2, -0.15) is 0 Å². The second-order valence-corrected chi connectivity index (χ2v) is 7.62. The van der Waals surface area contributed by atoms with Crippen molar-refractivity contribution in [1.29, 1.82) is 0 Å². The third-order valence-electron chi connectivity index (χ3n) is 4.21. The number of rotatable bonds is 15. The molecule has 0 radical (unpaired) electrons. The first kappa shape index (κ1) is 28.7. The average molecular weight is 460 g/mol. The first-order chi connectivity index (χ1) is 14.8. The van der Waals surface area contributed by atoms with Crippen LogP contribution in [0.3, 0.4) is 0 Å². The van der Waals surface area contributed by atoms with Crippen LogP contribution < -0.4 is 33.2 Å². The van der Waals surface area contributed by atoms with Gasteiger partial charge in [0.15, 0.2) is 0 Å². The summed E-state index contributed by atoms with van der Waals surface area (Å²) in [6, 6.07) is -5.53. The second kappa shape index (κ2) is 13.9. The van der Waals surface area contributed by atoms with Crippen LogP contribution in [0.15, 0.2) is 0 Å². The number of nitrogens with one attached hydrogen (secondary N) is 3. The number of carbonyl (C=O) groups is 6. The first-order valence-electron chi connectivity index (χ1n) is 9.85. The summed E-state index contributed by atoms with van der Waals surface area (Å²) in [7, 11) is 0. The summed E-state index contributed by atoms with van der Waals surface area (Å²) in [4.78, 5) is 70.4. The maximum Gasteiger partial charge on any atom is 0.326 e. The van der Waals surface area contributed by atoms with Gasteiger partial charge in [0, 0.05) is 6.42 Å². The minimum atomic E-state index is -1.54. The van der Waals surface area contributed by atoms with Gasteiger partial charge in [0.1, 0.15) is 18.1 Å². The van der Waals surface area contributed by atoms with Gasteiger partial charge in [0.05, 0.1) is 19.1 Å². The van der Waals surface area contributed by atoms with Crippen LogP contribution in [0, 0.1) is 5.92 Å². The van der Waals surface area contributed by atoms with E-state index in [0.717, 1.165) is 0 Å². The van der Waals surface area contributed by atoms with Crippen LogP contribution in [0.2, 0.25) is 0 Å². The van der Waals surface area contributed by atoms with Crippen molar-refractivity contribution in [3.63, 3.8) is 0 Å². The second-order valence-electron chi connectivity index (χ2n) is 7.62. The summed E-state index contributed by atoms with van der Waals surface area (Å²) < 4.78 is 0. The molecule has 5 amide bonds. The molecule has 0 bridgehead atoms. The molecule has 182 valence electrons. The predicted molar refractivity (Wildman–Crippen MR) is 110 cm³/mol. The number of nitrogens with two attached hydrogens (primary N) is 3. The Balaban J connectivity index is 5.32. The summed E-state index contributed by atoms with van der Waals surface area (Å²) in [6.07, 6.45) is -0.956. The molecule has 0 aromatic heterocycles. The van der Waals surface area contributed by atoms with E-state index in [2.05, 4.69) is 16.0 Å². The van der Waals surface area contributed by atoms with E-state index in [0.29, 0.717) is 0 Å². The van der Waals surface area contributed by atoms with Crippen molar-refractivity contribution in [2.24, 2.45) is 23.1 Å². The number of aliphatic hydroxyl groups excluding tert-OH is 1. The highest BCUT2D eigenvalue weighted by atomic mass is 16.4. The number of aliphatic carboxylic acids is 1. The van der Waals surface area contributed by atoms with E-state index >= 15 is 0 Å². The molecule has 4 atom stereocenters. The minimum absolute atomic E-state index is 0.0587. The molecule has 14 heteroatoms. The van der Waals surface area contributed by atoms with Gasteiger partial charge < -0.3 is 43.4 Å². The lowest BCUT2D eigenvalue weighted by Gasteiger charge is -2.24. The van der Waals surface area contributed by atoms with Crippen molar-refractivity contribution in [3.05, 3.63) is 0 Å². The highest BCUT2D eigenvalue weighted by Crippen LogP contribution is 2.06. The van der Waals surface area contributed by atoms with Crippen molar-refractivity contribution in [2.75, 3.05) is 6.61 Å². The lowest BCUT2D eigenvalue weighted by molar-refractivity contribution is -0.143. The third kappa shape index (κ3) is 11.2. The molecule has 0 aromatic carbocycles. The molecule has 0 saturated carbocycles. The lowest BCUT2D eigenvalue weighted by atomic mass is 10.0. The fourth-order valence-electron chi connectivity index (χ4n) is 2.58. The van der Waals surface area contributed by atoms with E-state index < -0.39 is 72.7 Å². The summed E-state index contributed by atoms with van der Waals surface area (Å²) in [5, 5.41) is 25.4. The SMILES string of the molecule is CC(C)CC(NC(=O)C(CO)NC(=O)C(CCC(N)=O)NC(=O)C(N)CC(N)=O)C(=O)O. The third-order valence-corrected chi connectivity index (χ3v) is 4.21. The zero-order chi connectivity index (χ0) is 25.0. The van der Waals surface area contributed by atoms with E-state index in [-0.39, 0.29) is 25.2 Å². The number of carboxylic acid groups (broad SMARTS) is 1. The van der Waals surface area contributed by atoms with Crippen molar-refractivity contribution in [2.45, 2.75) is 63.7 Å². The van der Waals surface area contributed by atoms with Crippen molar-refractivity contribution in [3.8, 4) is 0 Å². The van der Waals surface area contributed by atoms with E-state index in [9.17, 15) is 39.0 Å². The molecule has 0 aliphatic rings. The normalized spacial score (nSPS) is 14.5. The molecule has 32 heavy (non-hydrogen) atoms. The van der Waals surface area contributed by atoms with Gasteiger partial charge >= 0.3 is 5.97 Å². The number of carboxylic acids is 1. The summed E-state index contributed by atoms with van der Waals surface area (Å²) >= 11 is 0. The van der Waals surface area contributed by atoms with Crippen LogP contribution in [0.25, 0.3) is 0 Å². The van der Waals surface area contributed by atoms with E-state index in [1.165, 1.54) is 0 Å². The summed E-state index contributed by atoms with van der Waals surface area (Å²) in [6.45, 7) is 2.63. The summed E-state index contributed by atoms with van der Waals surface area (Å²) in [5.74, 6) is -5.80. The van der Waals surface area contributed by atoms with Gasteiger partial charge in [-0.05, 0) is 18.8 Å². The molecule has 11 N–H and O–H groups in total. The number of amides is 5. The first-order valence-corrected chi connectivity index (χ1v) is 9.85. The number of hydrogen-bond acceptors (Lipinski definition) is 8. The Labute approximate surface area is 184 Å². The highest BCUT2D eigenvalue weighted by molar-refractivity contribution is 5.95.